The zero-order valence-electron chi connectivity index (χ0n) is 8.78. The highest BCUT2D eigenvalue weighted by molar-refractivity contribution is 7.90. The van der Waals surface area contributed by atoms with Crippen molar-refractivity contribution >= 4 is 10.0 Å². The second-order valence-corrected chi connectivity index (χ2v) is 4.88. The fraction of sp³-hybridized carbons (Fsp3) is 0.333. The van der Waals surface area contributed by atoms with Crippen LogP contribution < -0.4 is 9.46 Å². The summed E-state index contributed by atoms with van der Waals surface area (Å²) in [6.45, 7) is -0.425. The molecule has 4 nitrogen and oxygen atoms in total. The molecule has 0 radical (unpaired) electrons. The van der Waals surface area contributed by atoms with Gasteiger partial charge in [0.1, 0.15) is 5.75 Å². The molecule has 0 fully saturated rings. The third-order valence-corrected chi connectivity index (χ3v) is 3.06. The van der Waals surface area contributed by atoms with Gasteiger partial charge in [0.15, 0.2) is 0 Å². The molecule has 0 aliphatic rings. The van der Waals surface area contributed by atoms with Gasteiger partial charge in [0, 0.05) is 6.54 Å². The number of hydrogen-bond donors (Lipinski definition) is 1. The Morgan fingerprint density at radius 1 is 1.24 bits per heavy atom. The molecule has 0 bridgehead atoms. The van der Waals surface area contributed by atoms with Gasteiger partial charge < -0.3 is 4.74 Å². The minimum Gasteiger partial charge on any atom is -0.497 e. The summed E-state index contributed by atoms with van der Waals surface area (Å²) in [6.07, 6.45) is 0. The van der Waals surface area contributed by atoms with E-state index in [0.717, 1.165) is 0 Å². The summed E-state index contributed by atoms with van der Waals surface area (Å²) in [6, 6.07) is 5.99. The van der Waals surface area contributed by atoms with Crippen molar-refractivity contribution in [1.29, 1.82) is 0 Å². The second-order valence-electron chi connectivity index (χ2n) is 3.12. The van der Waals surface area contributed by atoms with Gasteiger partial charge >= 0.3 is 15.5 Å². The molecule has 8 heteroatoms. The van der Waals surface area contributed by atoms with Crippen LogP contribution in [0.5, 0.6) is 5.75 Å². The molecular weight excluding hydrogens is 259 g/mol. The molecule has 0 aliphatic heterocycles. The standard InChI is InChI=1S/C9H10F3NO3S/c1-16-8-4-2-7(3-5-8)6-13-17(14,15)9(10,11)12/h2-5,13H,6H2,1H3. The lowest BCUT2D eigenvalue weighted by atomic mass is 10.2. The van der Waals surface area contributed by atoms with Crippen molar-refractivity contribution in [2.24, 2.45) is 0 Å². The number of sulfonamides is 1. The van der Waals surface area contributed by atoms with Crippen LogP contribution in [0, 0.1) is 0 Å². The maximum atomic E-state index is 12.0. The van der Waals surface area contributed by atoms with Crippen LogP contribution >= 0.6 is 0 Å². The molecule has 17 heavy (non-hydrogen) atoms. The van der Waals surface area contributed by atoms with E-state index in [9.17, 15) is 21.6 Å². The van der Waals surface area contributed by atoms with Gasteiger partial charge in [-0.15, -0.1) is 0 Å². The predicted octanol–water partition coefficient (Wildman–Crippen LogP) is 1.63. The van der Waals surface area contributed by atoms with Crippen LogP contribution in [0.2, 0.25) is 0 Å². The monoisotopic (exact) mass is 269 g/mol. The van der Waals surface area contributed by atoms with E-state index in [2.05, 4.69) is 0 Å². The number of benzene rings is 1. The van der Waals surface area contributed by atoms with Crippen LogP contribution in [-0.4, -0.2) is 21.0 Å². The summed E-state index contributed by atoms with van der Waals surface area (Å²) >= 11 is 0. The Morgan fingerprint density at radius 3 is 2.18 bits per heavy atom. The van der Waals surface area contributed by atoms with Crippen molar-refractivity contribution in [1.82, 2.24) is 4.72 Å². The van der Waals surface area contributed by atoms with Gasteiger partial charge in [0.05, 0.1) is 7.11 Å². The number of methoxy groups -OCH3 is 1. The molecule has 0 aliphatic carbocycles. The summed E-state index contributed by atoms with van der Waals surface area (Å²) < 4.78 is 63.6. The third-order valence-electron chi connectivity index (χ3n) is 1.93. The van der Waals surface area contributed by atoms with Crippen molar-refractivity contribution in [2.75, 3.05) is 7.11 Å². The molecule has 0 amide bonds. The number of alkyl halides is 3. The molecule has 0 spiro atoms. The Hall–Kier alpha value is -1.28. The lowest BCUT2D eigenvalue weighted by Gasteiger charge is -2.09. The third kappa shape index (κ3) is 3.60. The minimum absolute atomic E-state index is 0.402. The number of rotatable bonds is 4. The van der Waals surface area contributed by atoms with Crippen molar-refractivity contribution < 1.29 is 26.3 Å². The van der Waals surface area contributed by atoms with E-state index in [1.807, 2.05) is 0 Å². The molecule has 1 N–H and O–H groups in total. The van der Waals surface area contributed by atoms with Crippen LogP contribution in [-0.2, 0) is 16.6 Å². The highest BCUT2D eigenvalue weighted by Gasteiger charge is 2.45. The molecule has 96 valence electrons. The maximum absolute atomic E-state index is 12.0. The summed E-state index contributed by atoms with van der Waals surface area (Å²) in [5, 5.41) is 0. The highest BCUT2D eigenvalue weighted by Crippen LogP contribution is 2.22. The van der Waals surface area contributed by atoms with E-state index < -0.39 is 22.1 Å². The van der Waals surface area contributed by atoms with Crippen LogP contribution in [0.25, 0.3) is 0 Å². The van der Waals surface area contributed by atoms with Gasteiger partial charge in [0.25, 0.3) is 0 Å². The van der Waals surface area contributed by atoms with E-state index in [-0.39, 0.29) is 0 Å². The Bertz CT molecular complexity index is 467. The lowest BCUT2D eigenvalue weighted by Crippen LogP contribution is -2.35. The number of hydrogen-bond acceptors (Lipinski definition) is 3. The smallest absolute Gasteiger partial charge is 0.497 e. The molecule has 0 atom stereocenters. The maximum Gasteiger partial charge on any atom is 0.511 e. The number of halogens is 3. The molecule has 0 heterocycles. The Morgan fingerprint density at radius 2 is 1.76 bits per heavy atom. The first-order valence-electron chi connectivity index (χ1n) is 4.45. The van der Waals surface area contributed by atoms with Gasteiger partial charge in [-0.05, 0) is 17.7 Å². The summed E-state index contributed by atoms with van der Waals surface area (Å²) in [5.41, 5.74) is -4.89. The number of ether oxygens (including phenoxy) is 1. The van der Waals surface area contributed by atoms with Crippen molar-refractivity contribution in [3.05, 3.63) is 29.8 Å². The highest BCUT2D eigenvalue weighted by atomic mass is 32.2. The summed E-state index contributed by atoms with van der Waals surface area (Å²) in [5.74, 6) is 0.535. The van der Waals surface area contributed by atoms with Gasteiger partial charge in [-0.1, -0.05) is 12.1 Å². The molecule has 0 aromatic heterocycles. The molecule has 0 unspecified atom stereocenters. The Labute approximate surface area is 96.4 Å². The predicted molar refractivity (Wildman–Crippen MR) is 54.8 cm³/mol. The quantitative estimate of drug-likeness (QED) is 0.904. The summed E-state index contributed by atoms with van der Waals surface area (Å²) in [7, 11) is -3.85. The SMILES string of the molecule is COc1ccc(CNS(=O)(=O)C(F)(F)F)cc1. The molecule has 1 aromatic rings. The second kappa shape index (κ2) is 4.92. The topological polar surface area (TPSA) is 55.4 Å². The molecular formula is C9H10F3NO3S. The Kier molecular flexibility index (Phi) is 3.99. The first-order valence-corrected chi connectivity index (χ1v) is 5.93. The van der Waals surface area contributed by atoms with Crippen molar-refractivity contribution in [2.45, 2.75) is 12.1 Å². The normalized spacial score (nSPS) is 12.5. The van der Waals surface area contributed by atoms with E-state index in [1.54, 1.807) is 0 Å². The van der Waals surface area contributed by atoms with E-state index in [4.69, 9.17) is 4.74 Å². The van der Waals surface area contributed by atoms with Gasteiger partial charge in [0.2, 0.25) is 0 Å². The zero-order chi connectivity index (χ0) is 13.1. The minimum atomic E-state index is -5.29. The lowest BCUT2D eigenvalue weighted by molar-refractivity contribution is -0.0448. The number of nitrogens with one attached hydrogen (secondary N) is 1. The van der Waals surface area contributed by atoms with Crippen LogP contribution in [0.4, 0.5) is 13.2 Å². The fourth-order valence-corrected chi connectivity index (χ4v) is 1.52. The largest absolute Gasteiger partial charge is 0.511 e. The van der Waals surface area contributed by atoms with E-state index >= 15 is 0 Å². The molecule has 0 saturated carbocycles. The van der Waals surface area contributed by atoms with Crippen molar-refractivity contribution in [3.63, 3.8) is 0 Å². The van der Waals surface area contributed by atoms with Crippen molar-refractivity contribution in [3.8, 4) is 5.75 Å². The zero-order valence-corrected chi connectivity index (χ0v) is 9.60. The average molecular weight is 269 g/mol. The van der Waals surface area contributed by atoms with Crippen LogP contribution in [0.3, 0.4) is 0 Å². The van der Waals surface area contributed by atoms with Crippen LogP contribution in [0.15, 0.2) is 24.3 Å². The van der Waals surface area contributed by atoms with E-state index in [0.29, 0.717) is 11.3 Å². The molecule has 0 saturated heterocycles. The van der Waals surface area contributed by atoms with E-state index in [1.165, 1.54) is 36.1 Å². The first kappa shape index (κ1) is 13.8. The van der Waals surface area contributed by atoms with Crippen LogP contribution in [0.1, 0.15) is 5.56 Å². The fourth-order valence-electron chi connectivity index (χ4n) is 1.00. The first-order chi connectivity index (χ1) is 7.76. The molecule has 1 rings (SSSR count). The van der Waals surface area contributed by atoms with Gasteiger partial charge in [-0.25, -0.2) is 13.1 Å². The van der Waals surface area contributed by atoms with Gasteiger partial charge in [-0.3, -0.25) is 0 Å². The average Bonchev–Trinajstić information content (AvgIpc) is 2.25. The Balaban J connectivity index is 2.68. The van der Waals surface area contributed by atoms with Gasteiger partial charge in [-0.2, -0.15) is 13.2 Å². The molecule has 1 aromatic carbocycles. The summed E-state index contributed by atoms with van der Waals surface area (Å²) in [4.78, 5) is 0.